The number of sulfonamides is 1. The van der Waals surface area contributed by atoms with Gasteiger partial charge in [-0.3, -0.25) is 10.1 Å². The Morgan fingerprint density at radius 3 is 2.47 bits per heavy atom. The number of nitrogens with zero attached hydrogens (tertiary/aromatic N) is 1. The molecule has 0 aliphatic heterocycles. The molecule has 17 heavy (non-hydrogen) atoms. The predicted molar refractivity (Wildman–Crippen MR) is 64.0 cm³/mol. The van der Waals surface area contributed by atoms with Gasteiger partial charge in [-0.25, -0.2) is 13.1 Å². The van der Waals surface area contributed by atoms with Crippen molar-refractivity contribution in [3.8, 4) is 0 Å². The van der Waals surface area contributed by atoms with Crippen LogP contribution < -0.4 is 4.72 Å². The monoisotopic (exact) mass is 298 g/mol. The van der Waals surface area contributed by atoms with E-state index in [2.05, 4.69) is 4.72 Å². The number of rotatable bonds is 4. The lowest BCUT2D eigenvalue weighted by atomic mass is 10.3. The van der Waals surface area contributed by atoms with E-state index in [-0.39, 0.29) is 11.6 Å². The van der Waals surface area contributed by atoms with Crippen LogP contribution >= 0.6 is 23.2 Å². The van der Waals surface area contributed by atoms with Crippen LogP contribution in [0.5, 0.6) is 0 Å². The van der Waals surface area contributed by atoms with Crippen molar-refractivity contribution < 1.29 is 13.3 Å². The fourth-order valence-corrected chi connectivity index (χ4v) is 3.41. The number of nitrogens with one attached hydrogen (secondary N) is 1. The summed E-state index contributed by atoms with van der Waals surface area (Å²) in [6.07, 6.45) is 0. The lowest BCUT2D eigenvalue weighted by Crippen LogP contribution is -2.24. The van der Waals surface area contributed by atoms with Crippen molar-refractivity contribution in [2.75, 3.05) is 6.54 Å². The Labute approximate surface area is 108 Å². The van der Waals surface area contributed by atoms with Crippen molar-refractivity contribution in [3.63, 3.8) is 0 Å². The van der Waals surface area contributed by atoms with Gasteiger partial charge < -0.3 is 0 Å². The molecule has 1 N–H and O–H groups in total. The molecule has 1 aromatic carbocycles. The molecular formula is C8H8Cl2N2O4S. The Morgan fingerprint density at radius 1 is 1.41 bits per heavy atom. The van der Waals surface area contributed by atoms with Crippen LogP contribution in [0.1, 0.15) is 6.92 Å². The first-order valence-electron chi connectivity index (χ1n) is 4.43. The quantitative estimate of drug-likeness (QED) is 0.681. The van der Waals surface area contributed by atoms with E-state index >= 15 is 0 Å². The first kappa shape index (κ1) is 14.2. The third kappa shape index (κ3) is 2.86. The van der Waals surface area contributed by atoms with Gasteiger partial charge in [0.1, 0.15) is 9.92 Å². The van der Waals surface area contributed by atoms with E-state index in [0.29, 0.717) is 0 Å². The van der Waals surface area contributed by atoms with Crippen molar-refractivity contribution in [3.05, 3.63) is 32.3 Å². The smallest absolute Gasteiger partial charge is 0.258 e. The van der Waals surface area contributed by atoms with Crippen molar-refractivity contribution in [2.24, 2.45) is 0 Å². The third-order valence-electron chi connectivity index (χ3n) is 1.83. The molecule has 0 bridgehead atoms. The summed E-state index contributed by atoms with van der Waals surface area (Å²) in [5.74, 6) is 0. The normalized spacial score (nSPS) is 11.5. The average Bonchev–Trinajstić information content (AvgIpc) is 2.15. The minimum atomic E-state index is -3.95. The molecule has 94 valence electrons. The molecule has 1 aromatic rings. The molecule has 0 saturated heterocycles. The molecule has 0 spiro atoms. The van der Waals surface area contributed by atoms with Crippen LogP contribution in [0.2, 0.25) is 10.0 Å². The number of nitro benzene ring substituents is 1. The second kappa shape index (κ2) is 5.18. The van der Waals surface area contributed by atoms with Crippen LogP contribution in [0.15, 0.2) is 17.0 Å². The Balaban J connectivity index is 3.53. The van der Waals surface area contributed by atoms with Crippen LogP contribution in [0.4, 0.5) is 5.69 Å². The highest BCUT2D eigenvalue weighted by Crippen LogP contribution is 2.36. The Bertz CT molecular complexity index is 559. The molecular weight excluding hydrogens is 291 g/mol. The minimum Gasteiger partial charge on any atom is -0.258 e. The van der Waals surface area contributed by atoms with Gasteiger partial charge in [-0.1, -0.05) is 30.1 Å². The van der Waals surface area contributed by atoms with E-state index in [9.17, 15) is 18.5 Å². The topological polar surface area (TPSA) is 89.3 Å². The van der Waals surface area contributed by atoms with Crippen LogP contribution in [0.25, 0.3) is 0 Å². The molecule has 0 amide bonds. The van der Waals surface area contributed by atoms with E-state index < -0.39 is 30.6 Å². The van der Waals surface area contributed by atoms with Gasteiger partial charge in [-0.2, -0.15) is 0 Å². The average molecular weight is 299 g/mol. The lowest BCUT2D eigenvalue weighted by Gasteiger charge is -2.08. The molecule has 0 atom stereocenters. The lowest BCUT2D eigenvalue weighted by molar-refractivity contribution is -0.384. The van der Waals surface area contributed by atoms with E-state index in [1.54, 1.807) is 6.92 Å². The largest absolute Gasteiger partial charge is 0.289 e. The van der Waals surface area contributed by atoms with Crippen molar-refractivity contribution in [1.29, 1.82) is 0 Å². The Kier molecular flexibility index (Phi) is 4.31. The summed E-state index contributed by atoms with van der Waals surface area (Å²) in [6.45, 7) is 1.69. The zero-order valence-electron chi connectivity index (χ0n) is 8.61. The van der Waals surface area contributed by atoms with Crippen LogP contribution in [-0.4, -0.2) is 19.9 Å². The molecule has 6 nitrogen and oxygen atoms in total. The predicted octanol–water partition coefficient (Wildman–Crippen LogP) is 2.20. The van der Waals surface area contributed by atoms with E-state index in [0.717, 1.165) is 12.1 Å². The summed E-state index contributed by atoms with van der Waals surface area (Å²) in [4.78, 5) is 9.38. The van der Waals surface area contributed by atoms with E-state index in [1.165, 1.54) is 0 Å². The summed E-state index contributed by atoms with van der Waals surface area (Å²) in [5, 5.41) is 9.97. The van der Waals surface area contributed by atoms with Gasteiger partial charge in [0, 0.05) is 12.6 Å². The molecule has 0 radical (unpaired) electrons. The van der Waals surface area contributed by atoms with Crippen LogP contribution in [0.3, 0.4) is 0 Å². The van der Waals surface area contributed by atoms with Gasteiger partial charge in [0.2, 0.25) is 10.0 Å². The second-order valence-electron chi connectivity index (χ2n) is 2.97. The SMILES string of the molecule is CCNS(=O)(=O)c1c(Cl)ccc([N+](=O)[O-])c1Cl. The first-order chi connectivity index (χ1) is 7.81. The highest BCUT2D eigenvalue weighted by molar-refractivity contribution is 7.89. The summed E-state index contributed by atoms with van der Waals surface area (Å²) >= 11 is 11.4. The van der Waals surface area contributed by atoms with Crippen molar-refractivity contribution in [1.82, 2.24) is 4.72 Å². The number of hydrogen-bond donors (Lipinski definition) is 1. The van der Waals surface area contributed by atoms with Gasteiger partial charge in [-0.15, -0.1) is 0 Å². The molecule has 0 fully saturated rings. The zero-order valence-corrected chi connectivity index (χ0v) is 10.9. The minimum absolute atomic E-state index is 0.123. The third-order valence-corrected chi connectivity index (χ3v) is 4.38. The highest BCUT2D eigenvalue weighted by Gasteiger charge is 2.27. The Morgan fingerprint density at radius 2 is 2.00 bits per heavy atom. The van der Waals surface area contributed by atoms with Gasteiger partial charge in [0.25, 0.3) is 5.69 Å². The Hall–Kier alpha value is -0.890. The molecule has 0 heterocycles. The van der Waals surface area contributed by atoms with E-state index in [4.69, 9.17) is 23.2 Å². The maximum absolute atomic E-state index is 11.7. The second-order valence-corrected chi connectivity index (χ2v) is 5.46. The van der Waals surface area contributed by atoms with Gasteiger partial charge >= 0.3 is 0 Å². The van der Waals surface area contributed by atoms with Gasteiger partial charge in [0.15, 0.2) is 0 Å². The molecule has 0 aliphatic rings. The molecule has 0 aromatic heterocycles. The van der Waals surface area contributed by atoms with Crippen molar-refractivity contribution in [2.45, 2.75) is 11.8 Å². The van der Waals surface area contributed by atoms with Gasteiger partial charge in [0.05, 0.1) is 9.95 Å². The summed E-state index contributed by atoms with van der Waals surface area (Å²) in [7, 11) is -3.95. The molecule has 9 heteroatoms. The molecule has 0 unspecified atom stereocenters. The summed E-state index contributed by atoms with van der Waals surface area (Å²) < 4.78 is 25.7. The number of hydrogen-bond acceptors (Lipinski definition) is 4. The van der Waals surface area contributed by atoms with Gasteiger partial charge in [-0.05, 0) is 6.07 Å². The van der Waals surface area contributed by atoms with Crippen molar-refractivity contribution >= 4 is 38.9 Å². The first-order valence-corrected chi connectivity index (χ1v) is 6.67. The van der Waals surface area contributed by atoms with Crippen LogP contribution in [0, 0.1) is 10.1 Å². The number of nitro groups is 1. The maximum atomic E-state index is 11.7. The fourth-order valence-electron chi connectivity index (χ4n) is 1.17. The molecule has 0 aliphatic carbocycles. The maximum Gasteiger partial charge on any atom is 0.289 e. The molecule has 0 saturated carbocycles. The zero-order chi connectivity index (χ0) is 13.2. The van der Waals surface area contributed by atoms with E-state index in [1.807, 2.05) is 0 Å². The number of halogens is 2. The fraction of sp³-hybridized carbons (Fsp3) is 0.250. The summed E-state index contributed by atoms with van der Waals surface area (Å²) in [5.41, 5.74) is -0.507. The standard InChI is InChI=1S/C8H8Cl2N2O4S/c1-2-11-17(15,16)8-5(9)3-4-6(7(8)10)12(13)14/h3-4,11H,2H2,1H3. The van der Waals surface area contributed by atoms with Crippen LogP contribution in [-0.2, 0) is 10.0 Å². The number of benzene rings is 1. The summed E-state index contributed by atoms with van der Waals surface area (Å²) in [6, 6.07) is 2.17. The molecule has 1 rings (SSSR count). The highest BCUT2D eigenvalue weighted by atomic mass is 35.5.